The molecule has 1 heterocycles. The maximum atomic E-state index is 3.73. The zero-order valence-electron chi connectivity index (χ0n) is 13.4. The Morgan fingerprint density at radius 1 is 1.10 bits per heavy atom. The molecule has 2 heteroatoms. The summed E-state index contributed by atoms with van der Waals surface area (Å²) in [4.78, 5) is 2.73. The van der Waals surface area contributed by atoms with Crippen LogP contribution in [0, 0.1) is 11.8 Å². The van der Waals surface area contributed by atoms with Crippen molar-refractivity contribution in [2.45, 2.75) is 45.1 Å². The van der Waals surface area contributed by atoms with E-state index in [9.17, 15) is 0 Å². The molecule has 1 N–H and O–H groups in total. The SMILES string of the molecule is CC1CCCCC1CN1CCCNC(c2ccccc2)C1. The largest absolute Gasteiger partial charge is 0.309 e. The van der Waals surface area contributed by atoms with Crippen LogP contribution in [-0.4, -0.2) is 31.1 Å². The number of benzene rings is 1. The second-order valence-corrected chi connectivity index (χ2v) is 7.05. The van der Waals surface area contributed by atoms with Gasteiger partial charge in [0.15, 0.2) is 0 Å². The summed E-state index contributed by atoms with van der Waals surface area (Å²) in [7, 11) is 0. The van der Waals surface area contributed by atoms with Crippen LogP contribution in [0.4, 0.5) is 0 Å². The zero-order valence-corrected chi connectivity index (χ0v) is 13.4. The van der Waals surface area contributed by atoms with Gasteiger partial charge in [0.25, 0.3) is 0 Å². The normalized spacial score (nSPS) is 31.8. The Kier molecular flexibility index (Phi) is 5.32. The Morgan fingerprint density at radius 2 is 1.90 bits per heavy atom. The summed E-state index contributed by atoms with van der Waals surface area (Å²) in [5, 5.41) is 3.73. The molecule has 1 saturated heterocycles. The molecule has 0 spiro atoms. The third-order valence-electron chi connectivity index (χ3n) is 5.47. The molecule has 21 heavy (non-hydrogen) atoms. The molecule has 3 unspecified atom stereocenters. The summed E-state index contributed by atoms with van der Waals surface area (Å²) < 4.78 is 0. The van der Waals surface area contributed by atoms with Gasteiger partial charge in [-0.25, -0.2) is 0 Å². The molecule has 2 aliphatic rings. The summed E-state index contributed by atoms with van der Waals surface area (Å²) in [6.45, 7) is 7.36. The van der Waals surface area contributed by atoms with Crippen LogP contribution < -0.4 is 5.32 Å². The molecule has 0 amide bonds. The highest BCUT2D eigenvalue weighted by Gasteiger charge is 2.26. The Hall–Kier alpha value is -0.860. The van der Waals surface area contributed by atoms with E-state index in [0.717, 1.165) is 18.4 Å². The molecule has 1 aliphatic heterocycles. The van der Waals surface area contributed by atoms with Gasteiger partial charge < -0.3 is 10.2 Å². The van der Waals surface area contributed by atoms with Gasteiger partial charge in [-0.2, -0.15) is 0 Å². The molecule has 0 radical (unpaired) electrons. The van der Waals surface area contributed by atoms with Crippen molar-refractivity contribution >= 4 is 0 Å². The van der Waals surface area contributed by atoms with Gasteiger partial charge in [-0.05, 0) is 43.3 Å². The molecule has 1 aromatic carbocycles. The van der Waals surface area contributed by atoms with E-state index in [4.69, 9.17) is 0 Å². The number of nitrogens with zero attached hydrogens (tertiary/aromatic N) is 1. The van der Waals surface area contributed by atoms with Crippen LogP contribution >= 0.6 is 0 Å². The maximum Gasteiger partial charge on any atom is 0.0449 e. The first-order valence-electron chi connectivity index (χ1n) is 8.83. The predicted octanol–water partition coefficient (Wildman–Crippen LogP) is 3.85. The maximum absolute atomic E-state index is 3.73. The quantitative estimate of drug-likeness (QED) is 0.908. The lowest BCUT2D eigenvalue weighted by Gasteiger charge is -2.34. The Bertz CT molecular complexity index is 417. The average molecular weight is 286 g/mol. The van der Waals surface area contributed by atoms with Crippen molar-refractivity contribution < 1.29 is 0 Å². The first kappa shape index (κ1) is 15.1. The van der Waals surface area contributed by atoms with Crippen LogP contribution in [0.1, 0.15) is 50.6 Å². The number of nitrogens with one attached hydrogen (secondary N) is 1. The second kappa shape index (κ2) is 7.42. The van der Waals surface area contributed by atoms with Gasteiger partial charge in [-0.1, -0.05) is 56.5 Å². The van der Waals surface area contributed by atoms with Crippen molar-refractivity contribution in [3.8, 4) is 0 Å². The monoisotopic (exact) mass is 286 g/mol. The van der Waals surface area contributed by atoms with E-state index in [1.165, 1.54) is 57.3 Å². The van der Waals surface area contributed by atoms with Gasteiger partial charge in [-0.3, -0.25) is 0 Å². The summed E-state index contributed by atoms with van der Waals surface area (Å²) in [5.41, 5.74) is 1.45. The summed E-state index contributed by atoms with van der Waals surface area (Å²) in [6.07, 6.45) is 7.07. The van der Waals surface area contributed by atoms with Crippen molar-refractivity contribution in [3.63, 3.8) is 0 Å². The minimum Gasteiger partial charge on any atom is -0.309 e. The highest BCUT2D eigenvalue weighted by atomic mass is 15.2. The van der Waals surface area contributed by atoms with Crippen LogP contribution in [0.2, 0.25) is 0 Å². The fraction of sp³-hybridized carbons (Fsp3) is 0.684. The van der Waals surface area contributed by atoms with Crippen molar-refractivity contribution in [2.24, 2.45) is 11.8 Å². The van der Waals surface area contributed by atoms with E-state index in [1.54, 1.807) is 0 Å². The van der Waals surface area contributed by atoms with Crippen molar-refractivity contribution in [3.05, 3.63) is 35.9 Å². The number of hydrogen-bond acceptors (Lipinski definition) is 2. The second-order valence-electron chi connectivity index (χ2n) is 7.05. The van der Waals surface area contributed by atoms with Gasteiger partial charge in [0.05, 0.1) is 0 Å². The van der Waals surface area contributed by atoms with E-state index in [2.05, 4.69) is 47.5 Å². The molecular weight excluding hydrogens is 256 g/mol. The predicted molar refractivity (Wildman–Crippen MR) is 89.4 cm³/mol. The molecule has 3 atom stereocenters. The highest BCUT2D eigenvalue weighted by molar-refractivity contribution is 5.19. The van der Waals surface area contributed by atoms with Crippen LogP contribution in [-0.2, 0) is 0 Å². The average Bonchev–Trinajstić information content (AvgIpc) is 2.76. The molecular formula is C19H30N2. The Morgan fingerprint density at radius 3 is 2.71 bits per heavy atom. The molecule has 1 aromatic rings. The van der Waals surface area contributed by atoms with Gasteiger partial charge in [0, 0.05) is 19.1 Å². The highest BCUT2D eigenvalue weighted by Crippen LogP contribution is 2.31. The van der Waals surface area contributed by atoms with Crippen molar-refractivity contribution in [2.75, 3.05) is 26.2 Å². The van der Waals surface area contributed by atoms with E-state index in [1.807, 2.05) is 0 Å². The molecule has 116 valence electrons. The van der Waals surface area contributed by atoms with Crippen molar-refractivity contribution in [1.82, 2.24) is 10.2 Å². The first-order chi connectivity index (χ1) is 10.3. The minimum atomic E-state index is 0.507. The summed E-state index contributed by atoms with van der Waals surface area (Å²) in [5.74, 6) is 1.85. The van der Waals surface area contributed by atoms with Gasteiger partial charge in [-0.15, -0.1) is 0 Å². The van der Waals surface area contributed by atoms with Crippen LogP contribution in [0.5, 0.6) is 0 Å². The number of rotatable bonds is 3. The molecule has 0 aromatic heterocycles. The van der Waals surface area contributed by atoms with Gasteiger partial charge in [0.1, 0.15) is 0 Å². The third kappa shape index (κ3) is 4.08. The van der Waals surface area contributed by atoms with E-state index in [-0.39, 0.29) is 0 Å². The topological polar surface area (TPSA) is 15.3 Å². The Labute approximate surface area is 129 Å². The molecule has 2 nitrogen and oxygen atoms in total. The van der Waals surface area contributed by atoms with E-state index in [0.29, 0.717) is 6.04 Å². The van der Waals surface area contributed by atoms with E-state index >= 15 is 0 Å². The zero-order chi connectivity index (χ0) is 14.5. The summed E-state index contributed by atoms with van der Waals surface area (Å²) >= 11 is 0. The van der Waals surface area contributed by atoms with Crippen LogP contribution in [0.3, 0.4) is 0 Å². The lowest BCUT2D eigenvalue weighted by atomic mass is 9.80. The lowest BCUT2D eigenvalue weighted by Crippen LogP contribution is -2.37. The number of hydrogen-bond donors (Lipinski definition) is 1. The van der Waals surface area contributed by atoms with Crippen LogP contribution in [0.25, 0.3) is 0 Å². The standard InChI is InChI=1S/C19H30N2/c1-16-8-5-6-11-18(16)14-21-13-7-12-20-19(15-21)17-9-3-2-4-10-17/h2-4,9-10,16,18-20H,5-8,11-15H2,1H3. The van der Waals surface area contributed by atoms with Gasteiger partial charge >= 0.3 is 0 Å². The molecule has 2 fully saturated rings. The van der Waals surface area contributed by atoms with E-state index < -0.39 is 0 Å². The summed E-state index contributed by atoms with van der Waals surface area (Å²) in [6, 6.07) is 11.5. The minimum absolute atomic E-state index is 0.507. The van der Waals surface area contributed by atoms with Gasteiger partial charge in [0.2, 0.25) is 0 Å². The molecule has 1 saturated carbocycles. The molecule has 0 bridgehead atoms. The Balaban J connectivity index is 1.62. The third-order valence-corrected chi connectivity index (χ3v) is 5.47. The molecule has 1 aliphatic carbocycles. The smallest absolute Gasteiger partial charge is 0.0449 e. The molecule has 3 rings (SSSR count). The fourth-order valence-corrected chi connectivity index (χ4v) is 4.06. The van der Waals surface area contributed by atoms with Crippen molar-refractivity contribution in [1.29, 1.82) is 0 Å². The lowest BCUT2D eigenvalue weighted by molar-refractivity contribution is 0.158. The first-order valence-corrected chi connectivity index (χ1v) is 8.83. The van der Waals surface area contributed by atoms with Crippen LogP contribution in [0.15, 0.2) is 30.3 Å². The fourth-order valence-electron chi connectivity index (χ4n) is 4.06.